The van der Waals surface area contributed by atoms with E-state index < -0.39 is 20.9 Å². The number of hydrogen-bond acceptors (Lipinski definition) is 3. The Morgan fingerprint density at radius 3 is 2.41 bits per heavy atom. The Hall–Kier alpha value is -1.98. The Bertz CT molecular complexity index is 815. The van der Waals surface area contributed by atoms with E-state index in [1.807, 2.05) is 6.07 Å². The molecule has 2 aromatic carbocycles. The first-order valence-corrected chi connectivity index (χ1v) is 8.36. The summed E-state index contributed by atoms with van der Waals surface area (Å²) in [7, 11) is -4.22. The van der Waals surface area contributed by atoms with Crippen molar-refractivity contribution < 1.29 is 17.9 Å². The van der Waals surface area contributed by atoms with E-state index >= 15 is 4.39 Å². The first-order valence-electron chi connectivity index (χ1n) is 6.88. The van der Waals surface area contributed by atoms with Gasteiger partial charge in [0.2, 0.25) is 14.8 Å². The van der Waals surface area contributed by atoms with Gasteiger partial charge in [0.05, 0.1) is 4.90 Å². The normalized spacial score (nSPS) is 24.3. The van der Waals surface area contributed by atoms with Gasteiger partial charge >= 0.3 is 0 Å². The van der Waals surface area contributed by atoms with Crippen LogP contribution in [0.1, 0.15) is 11.1 Å². The zero-order valence-electron chi connectivity index (χ0n) is 11.7. The van der Waals surface area contributed by atoms with Gasteiger partial charge in [-0.15, -0.1) is 0 Å². The molecule has 3 rings (SSSR count). The monoisotopic (exact) mass is 318 g/mol. The summed E-state index contributed by atoms with van der Waals surface area (Å²) in [5.74, 6) is 0. The number of halogens is 1. The minimum atomic E-state index is -4.22. The van der Waals surface area contributed by atoms with Crippen molar-refractivity contribution in [2.45, 2.75) is 22.4 Å². The lowest BCUT2D eigenvalue weighted by Crippen LogP contribution is -2.42. The van der Waals surface area contributed by atoms with Gasteiger partial charge in [0.25, 0.3) is 0 Å². The van der Waals surface area contributed by atoms with Crippen LogP contribution in [0.3, 0.4) is 0 Å². The molecule has 1 unspecified atom stereocenters. The molecule has 1 heterocycles. The van der Waals surface area contributed by atoms with E-state index in [4.69, 9.17) is 0 Å². The molecule has 3 nitrogen and oxygen atoms in total. The molecular formula is C17H15FO3S. The highest BCUT2D eigenvalue weighted by Crippen LogP contribution is 2.42. The maximum atomic E-state index is 15.1. The fourth-order valence-electron chi connectivity index (χ4n) is 2.62. The van der Waals surface area contributed by atoms with Gasteiger partial charge in [0.15, 0.2) is 0 Å². The Morgan fingerprint density at radius 1 is 1.09 bits per heavy atom. The molecule has 0 spiro atoms. The van der Waals surface area contributed by atoms with Gasteiger partial charge in [-0.1, -0.05) is 60.7 Å². The average Bonchev–Trinajstić information content (AvgIpc) is 2.74. The van der Waals surface area contributed by atoms with Crippen molar-refractivity contribution in [2.24, 2.45) is 0 Å². The van der Waals surface area contributed by atoms with Gasteiger partial charge in [0, 0.05) is 6.42 Å². The molecule has 0 amide bonds. The third-order valence-corrected chi connectivity index (χ3v) is 6.11. The summed E-state index contributed by atoms with van der Waals surface area (Å²) in [6.45, 7) is 0. The van der Waals surface area contributed by atoms with Crippen LogP contribution >= 0.6 is 0 Å². The molecule has 1 aliphatic heterocycles. The fourth-order valence-corrected chi connectivity index (χ4v) is 4.47. The largest absolute Gasteiger partial charge is 0.385 e. The van der Waals surface area contributed by atoms with Crippen molar-refractivity contribution in [2.75, 3.05) is 0 Å². The molecule has 0 fully saturated rings. The van der Waals surface area contributed by atoms with Crippen LogP contribution < -0.4 is 0 Å². The second-order valence-electron chi connectivity index (χ2n) is 5.29. The third-order valence-electron chi connectivity index (χ3n) is 3.85. The molecule has 0 saturated heterocycles. The maximum absolute atomic E-state index is 15.1. The van der Waals surface area contributed by atoms with E-state index in [0.29, 0.717) is 5.56 Å². The average molecular weight is 318 g/mol. The van der Waals surface area contributed by atoms with Crippen molar-refractivity contribution >= 4 is 15.9 Å². The molecule has 2 aromatic rings. The lowest BCUT2D eigenvalue weighted by molar-refractivity contribution is 0.0870. The second-order valence-corrected chi connectivity index (χ2v) is 7.41. The first-order chi connectivity index (χ1) is 10.4. The molecule has 0 saturated carbocycles. The lowest BCUT2D eigenvalue weighted by atomic mass is 10.0. The maximum Gasteiger partial charge on any atom is 0.248 e. The minimum Gasteiger partial charge on any atom is -0.385 e. The number of hydrogen-bond donors (Lipinski definition) is 1. The van der Waals surface area contributed by atoms with Crippen LogP contribution in [0, 0.1) is 0 Å². The molecule has 0 radical (unpaired) electrons. The van der Waals surface area contributed by atoms with Gasteiger partial charge in [0.1, 0.15) is 6.10 Å². The quantitative estimate of drug-likeness (QED) is 0.947. The second kappa shape index (κ2) is 5.34. The van der Waals surface area contributed by atoms with E-state index in [1.54, 1.807) is 42.5 Å². The summed E-state index contributed by atoms with van der Waals surface area (Å²) in [5, 5.41) is 7.42. The highest BCUT2D eigenvalue weighted by atomic mass is 32.2. The number of aliphatic hydroxyl groups excluding tert-OH is 1. The predicted molar refractivity (Wildman–Crippen MR) is 82.7 cm³/mol. The van der Waals surface area contributed by atoms with Crippen molar-refractivity contribution in [3.8, 4) is 0 Å². The molecule has 0 aliphatic carbocycles. The molecule has 0 aromatic heterocycles. The van der Waals surface area contributed by atoms with Crippen molar-refractivity contribution in [3.05, 3.63) is 71.8 Å². The SMILES string of the molecule is O=S1(=O)c2ccccc2CC1(F)[C@@H](O)/C=C/c1ccccc1. The van der Waals surface area contributed by atoms with E-state index in [1.165, 1.54) is 18.2 Å². The fraction of sp³-hybridized carbons (Fsp3) is 0.176. The summed E-state index contributed by atoms with van der Waals surface area (Å²) in [6, 6.07) is 15.2. The van der Waals surface area contributed by atoms with Crippen LogP contribution in [0.15, 0.2) is 65.6 Å². The highest BCUT2D eigenvalue weighted by Gasteiger charge is 2.56. The number of sulfone groups is 1. The summed E-state index contributed by atoms with van der Waals surface area (Å²) >= 11 is 0. The number of rotatable bonds is 3. The van der Waals surface area contributed by atoms with Gasteiger partial charge in [-0.05, 0) is 17.2 Å². The van der Waals surface area contributed by atoms with Crippen LogP contribution in [0.4, 0.5) is 4.39 Å². The Labute approximate surface area is 128 Å². The lowest BCUT2D eigenvalue weighted by Gasteiger charge is -2.22. The Kier molecular flexibility index (Phi) is 3.62. The van der Waals surface area contributed by atoms with E-state index in [2.05, 4.69) is 0 Å². The smallest absolute Gasteiger partial charge is 0.248 e. The first kappa shape index (κ1) is 14.9. The summed E-state index contributed by atoms with van der Waals surface area (Å²) in [4.78, 5) is -0.0374. The van der Waals surface area contributed by atoms with E-state index in [0.717, 1.165) is 5.56 Å². The summed E-state index contributed by atoms with van der Waals surface area (Å²) in [5.41, 5.74) is 1.16. The standard InChI is InChI=1S/C17H15FO3S/c18-17(16(19)11-10-13-6-2-1-3-7-13)12-14-8-4-5-9-15(14)22(17,20)21/h1-11,16,19H,12H2/b11-10+/t16-,17?/m0/s1. The summed E-state index contributed by atoms with van der Waals surface area (Å²) in [6.07, 6.45) is 0.639. The van der Waals surface area contributed by atoms with Crippen LogP contribution in [0.2, 0.25) is 0 Å². The molecular weight excluding hydrogens is 303 g/mol. The number of benzene rings is 2. The highest BCUT2D eigenvalue weighted by molar-refractivity contribution is 7.93. The van der Waals surface area contributed by atoms with Crippen molar-refractivity contribution in [1.82, 2.24) is 0 Å². The molecule has 5 heteroatoms. The zero-order chi connectivity index (χ0) is 15.8. The van der Waals surface area contributed by atoms with Crippen LogP contribution in [-0.2, 0) is 16.3 Å². The molecule has 1 N–H and O–H groups in total. The van der Waals surface area contributed by atoms with E-state index in [9.17, 15) is 13.5 Å². The zero-order valence-corrected chi connectivity index (χ0v) is 12.5. The predicted octanol–water partition coefficient (Wildman–Crippen LogP) is 2.76. The van der Waals surface area contributed by atoms with Gasteiger partial charge in [-0.25, -0.2) is 12.8 Å². The summed E-state index contributed by atoms with van der Waals surface area (Å²) < 4.78 is 39.9. The van der Waals surface area contributed by atoms with E-state index in [-0.39, 0.29) is 11.3 Å². The van der Waals surface area contributed by atoms with Gasteiger partial charge < -0.3 is 5.11 Å². The number of fused-ring (bicyclic) bond motifs is 1. The van der Waals surface area contributed by atoms with Crippen molar-refractivity contribution in [3.63, 3.8) is 0 Å². The Balaban J connectivity index is 1.93. The topological polar surface area (TPSA) is 54.4 Å². The van der Waals surface area contributed by atoms with Gasteiger partial charge in [-0.3, -0.25) is 0 Å². The third kappa shape index (κ3) is 2.26. The molecule has 1 aliphatic rings. The van der Waals surface area contributed by atoms with Crippen LogP contribution in [-0.4, -0.2) is 24.6 Å². The van der Waals surface area contributed by atoms with Crippen LogP contribution in [0.5, 0.6) is 0 Å². The number of aliphatic hydroxyl groups is 1. The van der Waals surface area contributed by atoms with Gasteiger partial charge in [-0.2, -0.15) is 0 Å². The molecule has 22 heavy (non-hydrogen) atoms. The molecule has 2 atom stereocenters. The molecule has 0 bridgehead atoms. The van der Waals surface area contributed by atoms with Crippen molar-refractivity contribution in [1.29, 1.82) is 0 Å². The van der Waals surface area contributed by atoms with Crippen LogP contribution in [0.25, 0.3) is 6.08 Å². The Morgan fingerprint density at radius 2 is 1.73 bits per heavy atom. The molecule has 114 valence electrons. The number of alkyl halides is 1. The minimum absolute atomic E-state index is 0.0374.